The molecule has 0 spiro atoms. The van der Waals surface area contributed by atoms with Crippen LogP contribution in [0.2, 0.25) is 0 Å². The van der Waals surface area contributed by atoms with E-state index in [-0.39, 0.29) is 12.4 Å². The number of hydrogen-bond acceptors (Lipinski definition) is 4. The lowest BCUT2D eigenvalue weighted by Gasteiger charge is -2.33. The molecule has 0 unspecified atom stereocenters. The summed E-state index contributed by atoms with van der Waals surface area (Å²) in [5, 5.41) is 0. The number of halogens is 1. The van der Waals surface area contributed by atoms with E-state index in [2.05, 4.69) is 9.88 Å². The van der Waals surface area contributed by atoms with Gasteiger partial charge >= 0.3 is 0 Å². The third-order valence-corrected chi connectivity index (χ3v) is 4.57. The molecule has 1 aliphatic heterocycles. The first kappa shape index (κ1) is 16.4. The van der Waals surface area contributed by atoms with Crippen molar-refractivity contribution in [2.75, 3.05) is 39.0 Å². The molecule has 0 atom stereocenters. The molecule has 0 radical (unpaired) electrons. The maximum atomic E-state index is 11.4. The third-order valence-electron chi connectivity index (χ3n) is 3.27. The van der Waals surface area contributed by atoms with Crippen molar-refractivity contribution < 1.29 is 8.42 Å². The van der Waals surface area contributed by atoms with Gasteiger partial charge in [-0.15, -0.1) is 12.4 Å². The first-order valence-electron chi connectivity index (χ1n) is 6.12. The fourth-order valence-electron chi connectivity index (χ4n) is 2.12. The molecule has 1 fully saturated rings. The minimum Gasteiger partial charge on any atom is -0.300 e. The van der Waals surface area contributed by atoms with Gasteiger partial charge in [-0.2, -0.15) is 4.31 Å². The molecule has 5 nitrogen and oxygen atoms in total. The summed E-state index contributed by atoms with van der Waals surface area (Å²) in [6.45, 7) is 3.82. The van der Waals surface area contributed by atoms with Gasteiger partial charge in [-0.1, -0.05) is 0 Å². The van der Waals surface area contributed by atoms with E-state index in [1.165, 1.54) is 11.8 Å². The van der Waals surface area contributed by atoms with Gasteiger partial charge in [0.25, 0.3) is 0 Å². The van der Waals surface area contributed by atoms with Crippen molar-refractivity contribution in [3.05, 3.63) is 30.1 Å². The van der Waals surface area contributed by atoms with Crippen molar-refractivity contribution in [3.8, 4) is 0 Å². The van der Waals surface area contributed by atoms with Crippen molar-refractivity contribution in [1.82, 2.24) is 14.2 Å². The lowest BCUT2D eigenvalue weighted by atomic mass is 10.2. The Kier molecular flexibility index (Phi) is 6.19. The zero-order chi connectivity index (χ0) is 13.0. The molecule has 108 valence electrons. The number of hydrogen-bond donors (Lipinski definition) is 0. The Labute approximate surface area is 121 Å². The molecule has 0 amide bonds. The zero-order valence-corrected chi connectivity index (χ0v) is 12.7. The summed E-state index contributed by atoms with van der Waals surface area (Å²) in [5.41, 5.74) is 1.27. The number of rotatable bonds is 4. The van der Waals surface area contributed by atoms with Crippen LogP contribution in [0.4, 0.5) is 0 Å². The van der Waals surface area contributed by atoms with Gasteiger partial charge in [-0.25, -0.2) is 8.42 Å². The molecule has 1 aromatic rings. The lowest BCUT2D eigenvalue weighted by Crippen LogP contribution is -2.48. The molecule has 0 bridgehead atoms. The molecule has 0 N–H and O–H groups in total. The van der Waals surface area contributed by atoms with E-state index in [0.29, 0.717) is 13.1 Å². The smallest absolute Gasteiger partial charge is 0.211 e. The summed E-state index contributed by atoms with van der Waals surface area (Å²) in [6, 6.07) is 4.04. The number of piperazine rings is 1. The van der Waals surface area contributed by atoms with E-state index in [9.17, 15) is 8.42 Å². The van der Waals surface area contributed by atoms with Crippen LogP contribution in [0.5, 0.6) is 0 Å². The Morgan fingerprint density at radius 2 is 1.74 bits per heavy atom. The second-order valence-electron chi connectivity index (χ2n) is 4.61. The third kappa shape index (κ3) is 5.06. The van der Waals surface area contributed by atoms with Crippen LogP contribution < -0.4 is 0 Å². The summed E-state index contributed by atoms with van der Waals surface area (Å²) in [6.07, 6.45) is 5.87. The summed E-state index contributed by atoms with van der Waals surface area (Å²) >= 11 is 0. The minimum absolute atomic E-state index is 0. The maximum absolute atomic E-state index is 11.4. The number of pyridine rings is 1. The van der Waals surface area contributed by atoms with Crippen LogP contribution >= 0.6 is 12.4 Å². The van der Waals surface area contributed by atoms with E-state index in [1.807, 2.05) is 12.1 Å². The van der Waals surface area contributed by atoms with Gasteiger partial charge in [0.1, 0.15) is 0 Å². The first-order valence-corrected chi connectivity index (χ1v) is 7.97. The fraction of sp³-hybridized carbons (Fsp3) is 0.583. The first-order chi connectivity index (χ1) is 8.55. The average molecular weight is 306 g/mol. The summed E-state index contributed by atoms with van der Waals surface area (Å²) < 4.78 is 24.3. The highest BCUT2D eigenvalue weighted by atomic mass is 35.5. The second-order valence-corrected chi connectivity index (χ2v) is 6.59. The Morgan fingerprint density at radius 3 is 2.26 bits per heavy atom. The van der Waals surface area contributed by atoms with Crippen molar-refractivity contribution in [2.24, 2.45) is 0 Å². The van der Waals surface area contributed by atoms with Crippen LogP contribution in [0.15, 0.2) is 24.5 Å². The monoisotopic (exact) mass is 305 g/mol. The molecule has 0 aliphatic carbocycles. The zero-order valence-electron chi connectivity index (χ0n) is 11.0. The van der Waals surface area contributed by atoms with Crippen LogP contribution in [0.25, 0.3) is 0 Å². The molecule has 19 heavy (non-hydrogen) atoms. The van der Waals surface area contributed by atoms with E-state index >= 15 is 0 Å². The second kappa shape index (κ2) is 7.19. The molecule has 2 rings (SSSR count). The van der Waals surface area contributed by atoms with Crippen LogP contribution in [0.3, 0.4) is 0 Å². The normalized spacial score (nSPS) is 17.9. The molecular formula is C12H20ClN3O2S. The molecule has 0 aromatic carbocycles. The SMILES string of the molecule is CS(=O)(=O)N1CCN(CCc2ccncc2)CC1.Cl. The summed E-state index contributed by atoms with van der Waals surface area (Å²) in [4.78, 5) is 6.30. The van der Waals surface area contributed by atoms with Crippen molar-refractivity contribution in [2.45, 2.75) is 6.42 Å². The highest BCUT2D eigenvalue weighted by Gasteiger charge is 2.22. The molecule has 2 heterocycles. The Bertz CT molecular complexity index is 473. The maximum Gasteiger partial charge on any atom is 0.211 e. The number of nitrogens with zero attached hydrogens (tertiary/aromatic N) is 3. The van der Waals surface area contributed by atoms with Gasteiger partial charge in [0.2, 0.25) is 10.0 Å². The average Bonchev–Trinajstić information content (AvgIpc) is 2.37. The number of aromatic nitrogens is 1. The van der Waals surface area contributed by atoms with E-state index in [0.717, 1.165) is 26.1 Å². The van der Waals surface area contributed by atoms with Gasteiger partial charge in [0.05, 0.1) is 6.26 Å². The molecule has 1 aromatic heterocycles. The van der Waals surface area contributed by atoms with Crippen molar-refractivity contribution in [1.29, 1.82) is 0 Å². The van der Waals surface area contributed by atoms with Gasteiger partial charge in [0, 0.05) is 45.1 Å². The standard InChI is InChI=1S/C12H19N3O2S.ClH/c1-18(16,17)15-10-8-14(9-11-15)7-4-12-2-5-13-6-3-12;/h2-3,5-6H,4,7-11H2,1H3;1H. The molecule has 0 saturated carbocycles. The van der Waals surface area contributed by atoms with Gasteiger partial charge < -0.3 is 4.90 Å². The van der Waals surface area contributed by atoms with Crippen LogP contribution in [0.1, 0.15) is 5.56 Å². The van der Waals surface area contributed by atoms with E-state index in [1.54, 1.807) is 16.7 Å². The fourth-order valence-corrected chi connectivity index (χ4v) is 2.95. The summed E-state index contributed by atoms with van der Waals surface area (Å²) in [5.74, 6) is 0. The van der Waals surface area contributed by atoms with Crippen molar-refractivity contribution >= 4 is 22.4 Å². The lowest BCUT2D eigenvalue weighted by molar-refractivity contribution is 0.191. The number of sulfonamides is 1. The van der Waals surface area contributed by atoms with Gasteiger partial charge in [0.15, 0.2) is 0 Å². The quantitative estimate of drug-likeness (QED) is 0.818. The molecule has 7 heteroatoms. The molecular weight excluding hydrogens is 286 g/mol. The van der Waals surface area contributed by atoms with Gasteiger partial charge in [-0.3, -0.25) is 4.98 Å². The van der Waals surface area contributed by atoms with Gasteiger partial charge in [-0.05, 0) is 24.1 Å². The van der Waals surface area contributed by atoms with E-state index in [4.69, 9.17) is 0 Å². The Hall–Kier alpha value is -0.690. The van der Waals surface area contributed by atoms with Crippen molar-refractivity contribution in [3.63, 3.8) is 0 Å². The highest BCUT2D eigenvalue weighted by Crippen LogP contribution is 2.07. The van der Waals surface area contributed by atoms with E-state index < -0.39 is 10.0 Å². The van der Waals surface area contributed by atoms with Crippen LogP contribution in [-0.2, 0) is 16.4 Å². The Morgan fingerprint density at radius 1 is 1.16 bits per heavy atom. The van der Waals surface area contributed by atoms with Crippen LogP contribution in [-0.4, -0.2) is 61.6 Å². The topological polar surface area (TPSA) is 53.5 Å². The molecule has 1 saturated heterocycles. The molecule has 1 aliphatic rings. The highest BCUT2D eigenvalue weighted by molar-refractivity contribution is 7.88. The van der Waals surface area contributed by atoms with Crippen LogP contribution in [0, 0.1) is 0 Å². The predicted molar refractivity (Wildman–Crippen MR) is 78.0 cm³/mol. The Balaban J connectivity index is 0.00000180. The summed E-state index contributed by atoms with van der Waals surface area (Å²) in [7, 11) is -3.02. The predicted octanol–water partition coefficient (Wildman–Crippen LogP) is 0.623. The largest absolute Gasteiger partial charge is 0.300 e. The minimum atomic E-state index is -3.02.